The molecule has 4 rings (SSSR count). The van der Waals surface area contributed by atoms with Crippen LogP contribution in [0.1, 0.15) is 135 Å². The Bertz CT molecular complexity index is 1870. The zero-order valence-corrected chi connectivity index (χ0v) is 40.7. The number of hydrogen-bond donors (Lipinski definition) is 3. The minimum absolute atomic E-state index is 0.0121. The molecule has 1 aromatic rings. The van der Waals surface area contributed by atoms with E-state index in [0.717, 1.165) is 28.9 Å². The third-order valence-corrected chi connectivity index (χ3v) is 13.8. The van der Waals surface area contributed by atoms with E-state index < -0.39 is 71.8 Å². The molecule has 1 aromatic carbocycles. The van der Waals surface area contributed by atoms with Crippen molar-refractivity contribution in [3.05, 3.63) is 64.8 Å². The molecule has 14 nitrogen and oxygen atoms in total. The van der Waals surface area contributed by atoms with Crippen LogP contribution in [0.2, 0.25) is 0 Å². The molecule has 3 fully saturated rings. The van der Waals surface area contributed by atoms with Gasteiger partial charge in [-0.25, -0.2) is 4.79 Å². The summed E-state index contributed by atoms with van der Waals surface area (Å²) in [5.41, 5.74) is 3.20. The summed E-state index contributed by atoms with van der Waals surface area (Å²) >= 11 is 0. The molecule has 3 N–H and O–H groups in total. The third kappa shape index (κ3) is 15.1. The number of nitrogens with zero attached hydrogens (tertiary/aromatic N) is 1. The molecule has 0 radical (unpaired) electrons. The summed E-state index contributed by atoms with van der Waals surface area (Å²) in [6.45, 7) is 11.3. The minimum atomic E-state index is -2.48. The zero-order chi connectivity index (χ0) is 48.7. The van der Waals surface area contributed by atoms with Gasteiger partial charge in [0.2, 0.25) is 5.79 Å². The predicted molar refractivity (Wildman–Crippen MR) is 250 cm³/mol. The highest BCUT2D eigenvalue weighted by atomic mass is 16.7. The van der Waals surface area contributed by atoms with Crippen LogP contribution in [0.4, 0.5) is 0 Å². The lowest BCUT2D eigenvalue weighted by atomic mass is 9.83. The molecule has 1 saturated carbocycles. The Morgan fingerprint density at radius 3 is 2.29 bits per heavy atom. The first-order valence-electron chi connectivity index (χ1n) is 23.9. The molecule has 12 atom stereocenters. The number of methoxy groups -OCH3 is 3. The number of piperidine rings is 1. The maximum Gasteiger partial charge on any atom is 0.329 e. The van der Waals surface area contributed by atoms with Crippen LogP contribution in [0.3, 0.4) is 0 Å². The van der Waals surface area contributed by atoms with E-state index in [1.807, 2.05) is 43.4 Å². The van der Waals surface area contributed by atoms with Crippen molar-refractivity contribution in [3.8, 4) is 0 Å². The molecule has 0 spiro atoms. The van der Waals surface area contributed by atoms with Crippen molar-refractivity contribution in [3.63, 3.8) is 0 Å². The zero-order valence-electron chi connectivity index (χ0n) is 40.7. The van der Waals surface area contributed by atoms with Crippen molar-refractivity contribution < 1.29 is 63.0 Å². The first-order valence-corrected chi connectivity index (χ1v) is 23.9. The fraction of sp³-hybridized carbons (Fsp3) is 0.673. The standard InChI is InChI=1S/C52H77NO13/c1-10-32(2)24-33(3)25-40(15-13-14-37-17-20-39(21-18-37)36(6)54)44(57)29-41(55)30-45(34(4)26-38-19-22-43(56)46(28-38)63-8)65-51(60)42-16-11-12-23-53(42)50(59)49(58)52(61)35(5)27-47(64-9)48(66-52)31-62-7/h13-14,17-18,20-21,25-26,32,35,38,40-43,45-48,55-56,61H,10-12,15-16,19,22-24,27-31H2,1-9H3/b14-13+,33-25+,34-26+/t32-,35-,38+,40?,41+,42+,43-,45+,46-,47+,48-,52-/m1/s1. The van der Waals surface area contributed by atoms with Crippen LogP contribution < -0.4 is 0 Å². The maximum atomic E-state index is 14.3. The molecule has 2 aliphatic heterocycles. The van der Waals surface area contributed by atoms with Gasteiger partial charge in [-0.05, 0) is 102 Å². The predicted octanol–water partition coefficient (Wildman–Crippen LogP) is 6.76. The topological polar surface area (TPSA) is 195 Å². The number of benzene rings is 1. The van der Waals surface area contributed by atoms with Crippen molar-refractivity contribution >= 4 is 35.3 Å². The molecule has 66 heavy (non-hydrogen) atoms. The van der Waals surface area contributed by atoms with Crippen molar-refractivity contribution in [2.45, 2.75) is 167 Å². The highest BCUT2D eigenvalue weighted by Crippen LogP contribution is 2.36. The number of hydrogen-bond acceptors (Lipinski definition) is 13. The number of ether oxygens (including phenoxy) is 5. The maximum absolute atomic E-state index is 14.3. The van der Waals surface area contributed by atoms with Gasteiger partial charge in [-0.15, -0.1) is 0 Å². The Kier molecular flexibility index (Phi) is 21.6. The van der Waals surface area contributed by atoms with Gasteiger partial charge in [0.15, 0.2) is 5.78 Å². The normalized spacial score (nSPS) is 28.4. The van der Waals surface area contributed by atoms with Crippen LogP contribution in [0.15, 0.2) is 53.6 Å². The van der Waals surface area contributed by atoms with Crippen LogP contribution in [0.25, 0.3) is 6.08 Å². The number of aliphatic hydroxyl groups excluding tert-OH is 2. The quantitative estimate of drug-likeness (QED) is 0.0451. The van der Waals surface area contributed by atoms with Crippen LogP contribution in [-0.4, -0.2) is 132 Å². The Morgan fingerprint density at radius 1 is 0.955 bits per heavy atom. The molecule has 3 aliphatic rings. The molecule has 368 valence electrons. The average Bonchev–Trinajstić information content (AvgIpc) is 3.29. The first-order chi connectivity index (χ1) is 31.3. The summed E-state index contributed by atoms with van der Waals surface area (Å²) in [5.74, 6) is -6.68. The molecule has 0 aromatic heterocycles. The lowest BCUT2D eigenvalue weighted by Gasteiger charge is -2.44. The number of amides is 1. The second-order valence-corrected chi connectivity index (χ2v) is 19.0. The molecule has 2 heterocycles. The third-order valence-electron chi connectivity index (χ3n) is 13.8. The smallest absolute Gasteiger partial charge is 0.329 e. The van der Waals surface area contributed by atoms with Gasteiger partial charge in [0.05, 0.1) is 31.0 Å². The molecule has 0 bridgehead atoms. The van der Waals surface area contributed by atoms with E-state index >= 15 is 0 Å². The highest BCUT2D eigenvalue weighted by molar-refractivity contribution is 6.39. The molecule has 1 amide bonds. The lowest BCUT2D eigenvalue weighted by Crippen LogP contribution is -2.63. The fourth-order valence-corrected chi connectivity index (χ4v) is 9.48. The summed E-state index contributed by atoms with van der Waals surface area (Å²) in [6, 6.07) is 6.07. The molecule has 14 heteroatoms. The Morgan fingerprint density at radius 2 is 1.65 bits per heavy atom. The van der Waals surface area contributed by atoms with E-state index in [0.29, 0.717) is 55.6 Å². The van der Waals surface area contributed by atoms with E-state index in [1.54, 1.807) is 33.1 Å². The lowest BCUT2D eigenvalue weighted by molar-refractivity contribution is -0.291. The summed E-state index contributed by atoms with van der Waals surface area (Å²) < 4.78 is 28.4. The van der Waals surface area contributed by atoms with Gasteiger partial charge in [-0.1, -0.05) is 81.3 Å². The fourth-order valence-electron chi connectivity index (χ4n) is 9.48. The van der Waals surface area contributed by atoms with Crippen LogP contribution in [-0.2, 0) is 42.9 Å². The molecule has 1 unspecified atom stereocenters. The SMILES string of the molecule is CC[C@@H](C)C/C(C)=C/C(C/C=C/c1ccc(C(C)=O)cc1)C(=O)C[C@H](O)C[C@H](OC(=O)[C@@H]1CCCCN1C(=O)C(=O)[C@]1(O)O[C@H](COC)[C@@H](OC)C[C@H]1C)/C(C)=C/[C@@H]1CC[C@@H](O)[C@H](OC)C1. The van der Waals surface area contributed by atoms with Crippen molar-refractivity contribution in [2.75, 3.05) is 34.5 Å². The number of carbonyl (C=O) groups is 5. The Balaban J connectivity index is 1.58. The van der Waals surface area contributed by atoms with Crippen molar-refractivity contribution in [1.82, 2.24) is 4.90 Å². The number of rotatable bonds is 23. The molecule has 1 aliphatic carbocycles. The number of aliphatic hydroxyl groups is 3. The molecule has 2 saturated heterocycles. The van der Waals surface area contributed by atoms with E-state index in [9.17, 15) is 39.3 Å². The summed E-state index contributed by atoms with van der Waals surface area (Å²) in [7, 11) is 4.50. The number of ketones is 3. The van der Waals surface area contributed by atoms with Crippen LogP contribution in [0, 0.1) is 23.7 Å². The van der Waals surface area contributed by atoms with E-state index in [1.165, 1.54) is 21.1 Å². The van der Waals surface area contributed by atoms with Gasteiger partial charge in [0.1, 0.15) is 24.0 Å². The van der Waals surface area contributed by atoms with E-state index in [2.05, 4.69) is 13.8 Å². The number of esters is 1. The van der Waals surface area contributed by atoms with Crippen molar-refractivity contribution in [2.24, 2.45) is 23.7 Å². The molecular weight excluding hydrogens is 847 g/mol. The van der Waals surface area contributed by atoms with Gasteiger partial charge >= 0.3 is 5.97 Å². The van der Waals surface area contributed by atoms with Gasteiger partial charge in [-0.3, -0.25) is 19.2 Å². The number of likely N-dealkylation sites (tertiary alicyclic amines) is 1. The summed E-state index contributed by atoms with van der Waals surface area (Å²) in [4.78, 5) is 69.5. The van der Waals surface area contributed by atoms with Crippen LogP contribution in [0.5, 0.6) is 0 Å². The van der Waals surface area contributed by atoms with Gasteiger partial charge < -0.3 is 43.9 Å². The molecular formula is C52H77NO13. The second kappa shape index (κ2) is 26.0. The first kappa shape index (κ1) is 54.7. The number of Topliss-reactive ketones (excluding diaryl/α,β-unsaturated/α-hetero) is 3. The van der Waals surface area contributed by atoms with E-state index in [4.69, 9.17) is 23.7 Å². The van der Waals surface area contributed by atoms with Crippen molar-refractivity contribution in [1.29, 1.82) is 0 Å². The number of carbonyl (C=O) groups excluding carboxylic acids is 5. The summed E-state index contributed by atoms with van der Waals surface area (Å²) in [6.07, 6.45) is 8.34. The van der Waals surface area contributed by atoms with Gasteiger partial charge in [-0.2, -0.15) is 0 Å². The van der Waals surface area contributed by atoms with E-state index in [-0.39, 0.29) is 62.4 Å². The number of allylic oxidation sites excluding steroid dienone is 4. The Labute approximate surface area is 392 Å². The Hall–Kier alpha value is -3.89. The van der Waals surface area contributed by atoms with Crippen LogP contribution >= 0.6 is 0 Å². The summed E-state index contributed by atoms with van der Waals surface area (Å²) in [5, 5.41) is 33.8. The van der Waals surface area contributed by atoms with Gasteiger partial charge in [0, 0.05) is 58.1 Å². The monoisotopic (exact) mass is 924 g/mol. The largest absolute Gasteiger partial charge is 0.456 e. The average molecular weight is 924 g/mol. The van der Waals surface area contributed by atoms with Gasteiger partial charge in [0.25, 0.3) is 11.7 Å². The highest BCUT2D eigenvalue weighted by Gasteiger charge is 2.55. The second-order valence-electron chi connectivity index (χ2n) is 19.0. The minimum Gasteiger partial charge on any atom is -0.456 e.